The maximum Gasteiger partial charge on any atom is 0.232 e. The van der Waals surface area contributed by atoms with Crippen LogP contribution in [0.1, 0.15) is 34.8 Å². The predicted octanol–water partition coefficient (Wildman–Crippen LogP) is 5.11. The molecule has 200 valence electrons. The van der Waals surface area contributed by atoms with Crippen molar-refractivity contribution in [3.8, 4) is 22.5 Å². The maximum atomic E-state index is 13.2. The lowest BCUT2D eigenvalue weighted by Crippen LogP contribution is -2.25. The zero-order valence-corrected chi connectivity index (χ0v) is 23.5. The van der Waals surface area contributed by atoms with Gasteiger partial charge in [-0.15, -0.1) is 0 Å². The number of ketones is 1. The molecule has 0 bridgehead atoms. The Morgan fingerprint density at radius 2 is 1.63 bits per heavy atom. The van der Waals surface area contributed by atoms with Gasteiger partial charge < -0.3 is 4.42 Å². The van der Waals surface area contributed by atoms with E-state index in [9.17, 15) is 21.6 Å². The van der Waals surface area contributed by atoms with Gasteiger partial charge in [-0.05, 0) is 30.2 Å². The number of hydrogen-bond acceptors (Lipinski definition) is 6. The number of rotatable bonds is 9. The van der Waals surface area contributed by atoms with Crippen LogP contribution in [0.3, 0.4) is 0 Å². The van der Waals surface area contributed by atoms with Gasteiger partial charge in [-0.1, -0.05) is 55.0 Å². The molecule has 1 N–H and O–H groups in total. The minimum Gasteiger partial charge on any atom is -0.455 e. The molecule has 8 nitrogen and oxygen atoms in total. The number of hydrogen-bond donors (Lipinski definition) is 1. The first kappa shape index (κ1) is 27.6. The van der Waals surface area contributed by atoms with Crippen molar-refractivity contribution in [1.29, 1.82) is 0 Å². The second kappa shape index (κ2) is 10.4. The molecular formula is C28H30N2O6S2. The Bertz CT molecular complexity index is 1740. The summed E-state index contributed by atoms with van der Waals surface area (Å²) in [4.78, 5) is 13.2. The lowest BCUT2D eigenvalue weighted by molar-refractivity contribution is 0.0989. The molecule has 38 heavy (non-hydrogen) atoms. The third-order valence-electron chi connectivity index (χ3n) is 6.33. The van der Waals surface area contributed by atoms with Crippen molar-refractivity contribution in [1.82, 2.24) is 4.72 Å². The number of fused-ring (bicyclic) bond motifs is 1. The van der Waals surface area contributed by atoms with Crippen LogP contribution in [0.15, 0.2) is 65.1 Å². The molecule has 0 spiro atoms. The molecule has 1 heterocycles. The van der Waals surface area contributed by atoms with Crippen molar-refractivity contribution >= 4 is 42.5 Å². The molecular weight excluding hydrogens is 524 g/mol. The highest BCUT2D eigenvalue weighted by molar-refractivity contribution is 7.92. The Labute approximate surface area is 223 Å². The standard InChI is InChI=1S/C28H30N2O6S2/c1-6-25(31)27-23-15-22(21-9-7-8-19(14-21)17-29-37(4,32)33)24(30(3)38(5,34)35)16-26(23)36-28(27)20-12-10-18(2)11-13-20/h7-16,29H,6,17H2,1-5H3. The number of nitrogens with one attached hydrogen (secondary N) is 1. The van der Waals surface area contributed by atoms with Gasteiger partial charge in [0.25, 0.3) is 0 Å². The normalized spacial score (nSPS) is 12.1. The fourth-order valence-corrected chi connectivity index (χ4v) is 5.16. The second-order valence-corrected chi connectivity index (χ2v) is 13.2. The van der Waals surface area contributed by atoms with Crippen LogP contribution in [0, 0.1) is 6.92 Å². The zero-order valence-electron chi connectivity index (χ0n) is 21.9. The molecule has 0 unspecified atom stereocenters. The second-order valence-electron chi connectivity index (χ2n) is 9.34. The van der Waals surface area contributed by atoms with E-state index in [-0.39, 0.29) is 18.7 Å². The van der Waals surface area contributed by atoms with Crippen molar-refractivity contribution in [3.63, 3.8) is 0 Å². The Morgan fingerprint density at radius 1 is 0.947 bits per heavy atom. The quantitative estimate of drug-likeness (QED) is 0.288. The monoisotopic (exact) mass is 554 g/mol. The SMILES string of the molecule is CCC(=O)c1c(-c2ccc(C)cc2)oc2cc(N(C)S(C)(=O)=O)c(-c3cccc(CNS(C)(=O)=O)c3)cc12. The lowest BCUT2D eigenvalue weighted by Gasteiger charge is -2.21. The summed E-state index contributed by atoms with van der Waals surface area (Å²) in [6, 6.07) is 18.2. The van der Waals surface area contributed by atoms with E-state index in [0.717, 1.165) is 23.6 Å². The van der Waals surface area contributed by atoms with Gasteiger partial charge in [0.2, 0.25) is 20.0 Å². The summed E-state index contributed by atoms with van der Waals surface area (Å²) in [5.74, 6) is 0.337. The Morgan fingerprint density at radius 3 is 2.24 bits per heavy atom. The lowest BCUT2D eigenvalue weighted by atomic mass is 9.95. The highest BCUT2D eigenvalue weighted by atomic mass is 32.2. The van der Waals surface area contributed by atoms with E-state index in [1.54, 1.807) is 37.3 Å². The van der Waals surface area contributed by atoms with Crippen LogP contribution in [0.25, 0.3) is 33.4 Å². The fraction of sp³-hybridized carbons (Fsp3) is 0.250. The van der Waals surface area contributed by atoms with Gasteiger partial charge in [-0.25, -0.2) is 21.6 Å². The smallest absolute Gasteiger partial charge is 0.232 e. The Hall–Kier alpha value is -3.47. The van der Waals surface area contributed by atoms with E-state index in [4.69, 9.17) is 4.42 Å². The minimum absolute atomic E-state index is 0.0784. The van der Waals surface area contributed by atoms with Gasteiger partial charge in [0.05, 0.1) is 23.8 Å². The molecule has 0 atom stereocenters. The average Bonchev–Trinajstić information content (AvgIpc) is 3.24. The molecule has 1 aromatic heterocycles. The molecule has 0 fully saturated rings. The van der Waals surface area contributed by atoms with Crippen LogP contribution in [0.5, 0.6) is 0 Å². The van der Waals surface area contributed by atoms with Gasteiger partial charge in [0.15, 0.2) is 5.78 Å². The Balaban J connectivity index is 2.00. The summed E-state index contributed by atoms with van der Waals surface area (Å²) in [6.45, 7) is 3.83. The van der Waals surface area contributed by atoms with Crippen molar-refractivity contribution in [2.24, 2.45) is 0 Å². The molecule has 0 saturated heterocycles. The van der Waals surface area contributed by atoms with Crippen LogP contribution >= 0.6 is 0 Å². The van der Waals surface area contributed by atoms with E-state index in [1.165, 1.54) is 11.4 Å². The first-order chi connectivity index (χ1) is 17.8. The van der Waals surface area contributed by atoms with Crippen LogP contribution < -0.4 is 9.03 Å². The molecule has 4 rings (SSSR count). The van der Waals surface area contributed by atoms with Gasteiger partial charge >= 0.3 is 0 Å². The summed E-state index contributed by atoms with van der Waals surface area (Å²) >= 11 is 0. The number of carbonyl (C=O) groups is 1. The highest BCUT2D eigenvalue weighted by Gasteiger charge is 2.25. The van der Waals surface area contributed by atoms with Crippen molar-refractivity contribution < 1.29 is 26.0 Å². The third-order valence-corrected chi connectivity index (χ3v) is 8.19. The summed E-state index contributed by atoms with van der Waals surface area (Å²) in [7, 11) is -5.59. The molecule has 10 heteroatoms. The number of carbonyl (C=O) groups excluding carboxylic acids is 1. The molecule has 0 aliphatic heterocycles. The molecule has 3 aromatic carbocycles. The van der Waals surface area contributed by atoms with Crippen LogP contribution in [-0.4, -0.2) is 42.2 Å². The zero-order chi connectivity index (χ0) is 27.8. The summed E-state index contributed by atoms with van der Waals surface area (Å²) in [6.07, 6.45) is 2.46. The number of anilines is 1. The van der Waals surface area contributed by atoms with E-state index >= 15 is 0 Å². The number of Topliss-reactive ketones (excluding diaryl/α,β-unsaturated/α-hetero) is 1. The van der Waals surface area contributed by atoms with Gasteiger partial charge in [0, 0.05) is 42.6 Å². The highest BCUT2D eigenvalue weighted by Crippen LogP contribution is 2.41. The van der Waals surface area contributed by atoms with Crippen molar-refractivity contribution in [3.05, 3.63) is 77.4 Å². The van der Waals surface area contributed by atoms with Gasteiger partial charge in [-0.2, -0.15) is 0 Å². The summed E-state index contributed by atoms with van der Waals surface area (Å²) < 4.78 is 58.2. The topological polar surface area (TPSA) is 114 Å². The van der Waals surface area contributed by atoms with Gasteiger partial charge in [0.1, 0.15) is 11.3 Å². The van der Waals surface area contributed by atoms with Crippen molar-refractivity contribution in [2.45, 2.75) is 26.8 Å². The average molecular weight is 555 g/mol. The minimum atomic E-state index is -3.64. The maximum absolute atomic E-state index is 13.2. The van der Waals surface area contributed by atoms with Crippen LogP contribution in [0.4, 0.5) is 5.69 Å². The number of nitrogens with zero attached hydrogens (tertiary/aromatic N) is 1. The Kier molecular flexibility index (Phi) is 7.51. The third kappa shape index (κ3) is 5.82. The van der Waals surface area contributed by atoms with Crippen LogP contribution in [-0.2, 0) is 26.6 Å². The molecule has 0 aliphatic rings. The summed E-state index contributed by atoms with van der Waals surface area (Å²) in [5.41, 5.74) is 4.94. The van der Waals surface area contributed by atoms with E-state index < -0.39 is 20.0 Å². The number of aryl methyl sites for hydroxylation is 1. The first-order valence-electron chi connectivity index (χ1n) is 12.0. The largest absolute Gasteiger partial charge is 0.455 e. The number of sulfonamides is 2. The van der Waals surface area contributed by atoms with Crippen molar-refractivity contribution in [2.75, 3.05) is 23.9 Å². The number of furan rings is 1. The molecule has 4 aromatic rings. The predicted molar refractivity (Wildman–Crippen MR) is 151 cm³/mol. The van der Waals surface area contributed by atoms with Crippen LogP contribution in [0.2, 0.25) is 0 Å². The molecule has 0 aliphatic carbocycles. The van der Waals surface area contributed by atoms with E-state index in [0.29, 0.717) is 44.7 Å². The van der Waals surface area contributed by atoms with E-state index in [2.05, 4.69) is 4.72 Å². The number of benzene rings is 3. The fourth-order valence-electron chi connectivity index (χ4n) is 4.23. The van der Waals surface area contributed by atoms with Gasteiger partial charge in [-0.3, -0.25) is 9.10 Å². The summed E-state index contributed by atoms with van der Waals surface area (Å²) in [5, 5.41) is 0.577. The molecule has 0 amide bonds. The molecule has 0 saturated carbocycles. The first-order valence-corrected chi connectivity index (χ1v) is 15.7. The van der Waals surface area contributed by atoms with E-state index in [1.807, 2.05) is 37.3 Å². The molecule has 0 radical (unpaired) electrons.